The summed E-state index contributed by atoms with van der Waals surface area (Å²) in [6.07, 6.45) is 0.861. The van der Waals surface area contributed by atoms with Crippen molar-refractivity contribution in [2.75, 3.05) is 18.1 Å². The van der Waals surface area contributed by atoms with Gasteiger partial charge in [-0.25, -0.2) is 9.18 Å². The largest absolute Gasteiger partial charge is 0.478 e. The third kappa shape index (κ3) is 2.81. The summed E-state index contributed by atoms with van der Waals surface area (Å²) >= 11 is 3.04. The molecule has 2 rings (SSSR count). The van der Waals surface area contributed by atoms with Crippen LogP contribution in [-0.4, -0.2) is 36.4 Å². The Morgan fingerprint density at radius 2 is 2.30 bits per heavy atom. The van der Waals surface area contributed by atoms with E-state index in [0.717, 1.165) is 6.42 Å². The molecule has 1 heterocycles. The van der Waals surface area contributed by atoms with Crippen LogP contribution < -0.4 is 4.90 Å². The Kier molecular flexibility index (Phi) is 4.65. The Balaban J connectivity index is 2.41. The highest BCUT2D eigenvalue weighted by molar-refractivity contribution is 9.10. The normalized spacial score (nSPS) is 22.9. The number of ether oxygens (including phenoxy) is 1. The minimum atomic E-state index is -1.15. The molecule has 2 atom stereocenters. The van der Waals surface area contributed by atoms with E-state index in [9.17, 15) is 9.18 Å². The van der Waals surface area contributed by atoms with E-state index in [1.54, 1.807) is 0 Å². The summed E-state index contributed by atoms with van der Waals surface area (Å²) in [6, 6.07) is 3.06. The number of morpholine rings is 1. The topological polar surface area (TPSA) is 49.8 Å². The fraction of sp³-hybridized carbons (Fsp3) is 0.500. The molecule has 1 aliphatic heterocycles. The first kappa shape index (κ1) is 15.3. The van der Waals surface area contributed by atoms with Crippen molar-refractivity contribution in [1.82, 2.24) is 0 Å². The van der Waals surface area contributed by atoms with Gasteiger partial charge in [0.1, 0.15) is 0 Å². The van der Waals surface area contributed by atoms with Gasteiger partial charge >= 0.3 is 5.97 Å². The van der Waals surface area contributed by atoms with Gasteiger partial charge in [0, 0.05) is 6.54 Å². The number of carboxylic acids is 1. The molecule has 1 aliphatic rings. The summed E-state index contributed by atoms with van der Waals surface area (Å²) in [4.78, 5) is 13.0. The van der Waals surface area contributed by atoms with Crippen LogP contribution in [0.5, 0.6) is 0 Å². The second-order valence-electron chi connectivity index (χ2n) is 4.92. The Labute approximate surface area is 125 Å². The third-order valence-electron chi connectivity index (χ3n) is 3.54. The standard InChI is InChI=1S/C14H17BrFNO3/c1-3-9-7-20-8(2)6-17(9)11-5-4-10(14(18)19)12(15)13(11)16/h4-5,8-9H,3,6-7H2,1-2H3,(H,18,19). The van der Waals surface area contributed by atoms with Crippen molar-refractivity contribution in [3.63, 3.8) is 0 Å². The van der Waals surface area contributed by atoms with E-state index in [1.165, 1.54) is 12.1 Å². The Hall–Kier alpha value is -1.14. The zero-order valence-electron chi connectivity index (χ0n) is 11.4. The molecule has 0 radical (unpaired) electrons. The molecule has 1 N–H and O–H groups in total. The fourth-order valence-corrected chi connectivity index (χ4v) is 2.91. The molecule has 2 unspecified atom stereocenters. The summed E-state index contributed by atoms with van der Waals surface area (Å²) in [5.41, 5.74) is 0.351. The summed E-state index contributed by atoms with van der Waals surface area (Å²) in [7, 11) is 0. The molecular formula is C14H17BrFNO3. The van der Waals surface area contributed by atoms with Crippen molar-refractivity contribution >= 4 is 27.6 Å². The summed E-state index contributed by atoms with van der Waals surface area (Å²) in [6.45, 7) is 5.11. The molecule has 0 aliphatic carbocycles. The molecule has 0 bridgehead atoms. The first-order valence-corrected chi connectivity index (χ1v) is 7.34. The van der Waals surface area contributed by atoms with Crippen LogP contribution in [0.1, 0.15) is 30.6 Å². The van der Waals surface area contributed by atoms with E-state index in [2.05, 4.69) is 15.9 Å². The third-order valence-corrected chi connectivity index (χ3v) is 4.32. The van der Waals surface area contributed by atoms with Crippen LogP contribution in [0.25, 0.3) is 0 Å². The molecule has 6 heteroatoms. The highest BCUT2D eigenvalue weighted by Crippen LogP contribution is 2.32. The zero-order valence-corrected chi connectivity index (χ0v) is 13.0. The summed E-state index contributed by atoms with van der Waals surface area (Å²) in [5, 5.41) is 9.00. The van der Waals surface area contributed by atoms with Crippen LogP contribution in [0, 0.1) is 5.82 Å². The van der Waals surface area contributed by atoms with Crippen molar-refractivity contribution in [3.8, 4) is 0 Å². The van der Waals surface area contributed by atoms with Crippen molar-refractivity contribution < 1.29 is 19.0 Å². The van der Waals surface area contributed by atoms with E-state index in [0.29, 0.717) is 18.8 Å². The van der Waals surface area contributed by atoms with Crippen molar-refractivity contribution in [3.05, 3.63) is 28.0 Å². The highest BCUT2D eigenvalue weighted by Gasteiger charge is 2.29. The lowest BCUT2D eigenvalue weighted by molar-refractivity contribution is 0.0296. The van der Waals surface area contributed by atoms with Crippen molar-refractivity contribution in [2.45, 2.75) is 32.4 Å². The Morgan fingerprint density at radius 3 is 2.90 bits per heavy atom. The molecule has 0 saturated carbocycles. The second kappa shape index (κ2) is 6.10. The van der Waals surface area contributed by atoms with Gasteiger partial charge in [0.05, 0.1) is 34.5 Å². The number of aromatic carboxylic acids is 1. The predicted molar refractivity (Wildman–Crippen MR) is 77.9 cm³/mol. The molecule has 1 aromatic carbocycles. The highest BCUT2D eigenvalue weighted by atomic mass is 79.9. The average Bonchev–Trinajstić information content (AvgIpc) is 2.41. The monoisotopic (exact) mass is 345 g/mol. The van der Waals surface area contributed by atoms with Gasteiger partial charge in [0.25, 0.3) is 0 Å². The SMILES string of the molecule is CCC1COC(C)CN1c1ccc(C(=O)O)c(Br)c1F. The molecule has 1 saturated heterocycles. The van der Waals surface area contributed by atoms with Gasteiger partial charge in [-0.05, 0) is 41.4 Å². The van der Waals surface area contributed by atoms with Gasteiger partial charge in [-0.3, -0.25) is 0 Å². The van der Waals surface area contributed by atoms with Gasteiger partial charge in [-0.1, -0.05) is 6.92 Å². The maximum atomic E-state index is 14.5. The molecule has 20 heavy (non-hydrogen) atoms. The number of carbonyl (C=O) groups is 1. The van der Waals surface area contributed by atoms with E-state index in [-0.39, 0.29) is 22.2 Å². The van der Waals surface area contributed by atoms with Gasteiger partial charge in [0.2, 0.25) is 0 Å². The number of halogens is 2. The molecule has 1 aromatic rings. The molecule has 0 amide bonds. The summed E-state index contributed by atoms with van der Waals surface area (Å²) in [5.74, 6) is -1.68. The second-order valence-corrected chi connectivity index (χ2v) is 5.72. The number of rotatable bonds is 3. The first-order valence-electron chi connectivity index (χ1n) is 6.55. The van der Waals surface area contributed by atoms with Gasteiger partial charge < -0.3 is 14.7 Å². The van der Waals surface area contributed by atoms with Crippen LogP contribution in [0.3, 0.4) is 0 Å². The maximum absolute atomic E-state index is 14.5. The van der Waals surface area contributed by atoms with Crippen LogP contribution >= 0.6 is 15.9 Å². The number of anilines is 1. The van der Waals surface area contributed by atoms with E-state index in [1.807, 2.05) is 18.7 Å². The molecule has 0 spiro atoms. The van der Waals surface area contributed by atoms with Crippen molar-refractivity contribution in [1.29, 1.82) is 0 Å². The average molecular weight is 346 g/mol. The van der Waals surface area contributed by atoms with E-state index < -0.39 is 11.8 Å². The van der Waals surface area contributed by atoms with Crippen molar-refractivity contribution in [2.24, 2.45) is 0 Å². The smallest absolute Gasteiger partial charge is 0.336 e. The molecule has 0 aromatic heterocycles. The van der Waals surface area contributed by atoms with Gasteiger partial charge in [0.15, 0.2) is 5.82 Å². The predicted octanol–water partition coefficient (Wildman–Crippen LogP) is 3.29. The molecule has 1 fully saturated rings. The summed E-state index contributed by atoms with van der Waals surface area (Å²) < 4.78 is 20.0. The molecule has 4 nitrogen and oxygen atoms in total. The van der Waals surface area contributed by atoms with Gasteiger partial charge in [-0.2, -0.15) is 0 Å². The Bertz CT molecular complexity index is 523. The molecule has 110 valence electrons. The van der Waals surface area contributed by atoms with Crippen LogP contribution in [-0.2, 0) is 4.74 Å². The number of benzene rings is 1. The van der Waals surface area contributed by atoms with Crippen LogP contribution in [0.15, 0.2) is 16.6 Å². The maximum Gasteiger partial charge on any atom is 0.336 e. The lowest BCUT2D eigenvalue weighted by atomic mass is 10.1. The number of hydrogen-bond donors (Lipinski definition) is 1. The number of nitrogens with zero attached hydrogens (tertiary/aromatic N) is 1. The lowest BCUT2D eigenvalue weighted by Crippen LogP contribution is -2.49. The Morgan fingerprint density at radius 1 is 1.60 bits per heavy atom. The first-order chi connectivity index (χ1) is 9.45. The molecular weight excluding hydrogens is 329 g/mol. The minimum absolute atomic E-state index is 0.00324. The zero-order chi connectivity index (χ0) is 14.9. The van der Waals surface area contributed by atoms with Crippen LogP contribution in [0.4, 0.5) is 10.1 Å². The quantitative estimate of drug-likeness (QED) is 0.913. The lowest BCUT2D eigenvalue weighted by Gasteiger charge is -2.40. The van der Waals surface area contributed by atoms with Crippen LogP contribution in [0.2, 0.25) is 0 Å². The number of hydrogen-bond acceptors (Lipinski definition) is 3. The van der Waals surface area contributed by atoms with Gasteiger partial charge in [-0.15, -0.1) is 0 Å². The fourth-order valence-electron chi connectivity index (χ4n) is 2.40. The minimum Gasteiger partial charge on any atom is -0.478 e. The number of carboxylic acid groups (broad SMARTS) is 1. The van der Waals surface area contributed by atoms with E-state index >= 15 is 0 Å². The van der Waals surface area contributed by atoms with E-state index in [4.69, 9.17) is 9.84 Å².